The number of carbonyl (C=O) groups excluding carboxylic acids is 1. The lowest BCUT2D eigenvalue weighted by atomic mass is 10.2. The molecule has 0 unspecified atom stereocenters. The predicted octanol–water partition coefficient (Wildman–Crippen LogP) is 0.664. The number of hydrogen-bond acceptors (Lipinski definition) is 3. The van der Waals surface area contributed by atoms with Crippen molar-refractivity contribution < 1.29 is 19.8 Å². The third-order valence-corrected chi connectivity index (χ3v) is 2.58. The lowest BCUT2D eigenvalue weighted by molar-refractivity contribution is -0.138. The number of aliphatic hydroxyl groups excluding tert-OH is 1. The maximum atomic E-state index is 11.9. The molecule has 2 amide bonds. The van der Waals surface area contributed by atoms with E-state index in [0.717, 1.165) is 5.56 Å². The minimum Gasteiger partial charge on any atom is -0.480 e. The van der Waals surface area contributed by atoms with Crippen LogP contribution < -0.4 is 5.32 Å². The smallest absolute Gasteiger partial charge is 0.325 e. The molecular formula is C13H18N2O4. The summed E-state index contributed by atoms with van der Waals surface area (Å²) in [6, 6.07) is 7.81. The topological polar surface area (TPSA) is 89.9 Å². The Labute approximate surface area is 111 Å². The van der Waals surface area contributed by atoms with Crippen LogP contribution in [0.2, 0.25) is 0 Å². The summed E-state index contributed by atoms with van der Waals surface area (Å²) in [4.78, 5) is 24.0. The van der Waals surface area contributed by atoms with Crippen molar-refractivity contribution in [1.29, 1.82) is 0 Å². The number of aliphatic hydroxyl groups is 1. The van der Waals surface area contributed by atoms with Gasteiger partial charge in [-0.2, -0.15) is 0 Å². The highest BCUT2D eigenvalue weighted by Gasteiger charge is 2.19. The van der Waals surface area contributed by atoms with Crippen LogP contribution in [0.3, 0.4) is 0 Å². The molecule has 0 aliphatic rings. The highest BCUT2D eigenvalue weighted by molar-refractivity contribution is 5.82. The number of carboxylic acid groups (broad SMARTS) is 1. The molecule has 3 N–H and O–H groups in total. The third-order valence-electron chi connectivity index (χ3n) is 2.58. The van der Waals surface area contributed by atoms with Crippen LogP contribution in [0.4, 0.5) is 4.79 Å². The lowest BCUT2D eigenvalue weighted by Gasteiger charge is -2.23. The van der Waals surface area contributed by atoms with Crippen LogP contribution in [-0.4, -0.2) is 46.3 Å². The van der Waals surface area contributed by atoms with Crippen LogP contribution in [0, 0.1) is 0 Å². The summed E-state index contributed by atoms with van der Waals surface area (Å²) in [5, 5.41) is 20.1. The van der Waals surface area contributed by atoms with E-state index in [2.05, 4.69) is 5.32 Å². The van der Waals surface area contributed by atoms with Gasteiger partial charge in [-0.3, -0.25) is 4.79 Å². The number of urea groups is 1. The van der Waals surface area contributed by atoms with E-state index < -0.39 is 18.0 Å². The second-order valence-electron chi connectivity index (χ2n) is 4.14. The van der Waals surface area contributed by atoms with E-state index in [1.54, 1.807) is 0 Å². The Balaban J connectivity index is 2.66. The highest BCUT2D eigenvalue weighted by Crippen LogP contribution is 2.04. The molecule has 0 saturated heterocycles. The molecule has 19 heavy (non-hydrogen) atoms. The molecule has 104 valence electrons. The average molecular weight is 266 g/mol. The molecule has 0 fully saturated rings. The Morgan fingerprint density at radius 3 is 2.47 bits per heavy atom. The summed E-state index contributed by atoms with van der Waals surface area (Å²) < 4.78 is 0. The molecular weight excluding hydrogens is 248 g/mol. The van der Waals surface area contributed by atoms with Gasteiger partial charge in [-0.05, 0) is 12.5 Å². The van der Waals surface area contributed by atoms with E-state index in [0.29, 0.717) is 6.54 Å². The average Bonchev–Trinajstić information content (AvgIpc) is 2.39. The predicted molar refractivity (Wildman–Crippen MR) is 69.6 cm³/mol. The van der Waals surface area contributed by atoms with Crippen LogP contribution >= 0.6 is 0 Å². The van der Waals surface area contributed by atoms with E-state index in [9.17, 15) is 9.59 Å². The zero-order valence-corrected chi connectivity index (χ0v) is 10.7. The number of hydrogen-bond donors (Lipinski definition) is 3. The molecule has 6 heteroatoms. The van der Waals surface area contributed by atoms with Gasteiger partial charge in [0.2, 0.25) is 0 Å². The molecule has 0 radical (unpaired) electrons. The molecule has 0 aromatic heterocycles. The molecule has 0 aliphatic heterocycles. The largest absolute Gasteiger partial charge is 0.480 e. The minimum atomic E-state index is -1.10. The first-order chi connectivity index (χ1) is 9.04. The Bertz CT molecular complexity index is 422. The first-order valence-corrected chi connectivity index (χ1v) is 5.97. The van der Waals surface area contributed by atoms with Gasteiger partial charge in [0, 0.05) is 13.1 Å². The third kappa shape index (κ3) is 4.97. The molecule has 0 heterocycles. The molecule has 1 aromatic rings. The molecule has 0 aliphatic carbocycles. The Morgan fingerprint density at radius 1 is 1.32 bits per heavy atom. The SMILES string of the molecule is C[C@@H](NC(=O)N(CCO)Cc1ccccc1)C(=O)O. The number of aliphatic carboxylic acids is 1. The Morgan fingerprint density at radius 2 is 1.95 bits per heavy atom. The fraction of sp³-hybridized carbons (Fsp3) is 0.385. The second-order valence-corrected chi connectivity index (χ2v) is 4.14. The number of rotatable bonds is 6. The van der Waals surface area contributed by atoms with Crippen molar-refractivity contribution in [2.75, 3.05) is 13.2 Å². The van der Waals surface area contributed by atoms with Crippen molar-refractivity contribution in [2.45, 2.75) is 19.5 Å². The zero-order chi connectivity index (χ0) is 14.3. The van der Waals surface area contributed by atoms with Crippen LogP contribution in [0.25, 0.3) is 0 Å². The van der Waals surface area contributed by atoms with E-state index in [4.69, 9.17) is 10.2 Å². The minimum absolute atomic E-state index is 0.146. The van der Waals surface area contributed by atoms with E-state index >= 15 is 0 Å². The second kappa shape index (κ2) is 7.38. The number of carboxylic acids is 1. The van der Waals surface area contributed by atoms with Gasteiger partial charge in [-0.25, -0.2) is 4.79 Å². The molecule has 1 atom stereocenters. The quantitative estimate of drug-likeness (QED) is 0.705. The van der Waals surface area contributed by atoms with Crippen molar-refractivity contribution in [2.24, 2.45) is 0 Å². The molecule has 0 bridgehead atoms. The number of nitrogens with zero attached hydrogens (tertiary/aromatic N) is 1. The number of benzene rings is 1. The summed E-state index contributed by atoms with van der Waals surface area (Å²) in [5.74, 6) is -1.10. The van der Waals surface area contributed by atoms with Crippen LogP contribution in [0.1, 0.15) is 12.5 Å². The van der Waals surface area contributed by atoms with Crippen molar-refractivity contribution in [1.82, 2.24) is 10.2 Å². The number of amides is 2. The van der Waals surface area contributed by atoms with Crippen molar-refractivity contribution >= 4 is 12.0 Å². The Kier molecular flexibility index (Phi) is 5.81. The van der Waals surface area contributed by atoms with E-state index in [-0.39, 0.29) is 13.2 Å². The van der Waals surface area contributed by atoms with Crippen molar-refractivity contribution in [3.05, 3.63) is 35.9 Å². The molecule has 1 rings (SSSR count). The van der Waals surface area contributed by atoms with E-state index in [1.807, 2.05) is 30.3 Å². The van der Waals surface area contributed by atoms with Crippen molar-refractivity contribution in [3.8, 4) is 0 Å². The van der Waals surface area contributed by atoms with Gasteiger partial charge in [-0.15, -0.1) is 0 Å². The van der Waals surface area contributed by atoms with Crippen molar-refractivity contribution in [3.63, 3.8) is 0 Å². The standard InChI is InChI=1S/C13H18N2O4/c1-10(12(17)18)14-13(19)15(7-8-16)9-11-5-3-2-4-6-11/h2-6,10,16H,7-9H2,1H3,(H,14,19)(H,17,18)/t10-/m1/s1. The lowest BCUT2D eigenvalue weighted by Crippen LogP contribution is -2.47. The maximum absolute atomic E-state index is 11.9. The zero-order valence-electron chi connectivity index (χ0n) is 10.7. The molecule has 0 spiro atoms. The molecule has 1 aromatic carbocycles. The van der Waals surface area contributed by atoms with Gasteiger partial charge in [0.05, 0.1) is 6.61 Å². The normalized spacial score (nSPS) is 11.7. The summed E-state index contributed by atoms with van der Waals surface area (Å²) in [6.45, 7) is 1.67. The summed E-state index contributed by atoms with van der Waals surface area (Å²) >= 11 is 0. The fourth-order valence-electron chi connectivity index (χ4n) is 1.52. The van der Waals surface area contributed by atoms with Crippen LogP contribution in [0.5, 0.6) is 0 Å². The van der Waals surface area contributed by atoms with Gasteiger partial charge in [0.1, 0.15) is 6.04 Å². The van der Waals surface area contributed by atoms with Gasteiger partial charge in [0.25, 0.3) is 0 Å². The van der Waals surface area contributed by atoms with Crippen LogP contribution in [0.15, 0.2) is 30.3 Å². The summed E-state index contributed by atoms with van der Waals surface area (Å²) in [5.41, 5.74) is 0.911. The van der Waals surface area contributed by atoms with Gasteiger partial charge < -0.3 is 20.4 Å². The Hall–Kier alpha value is -2.08. The maximum Gasteiger partial charge on any atom is 0.325 e. The van der Waals surface area contributed by atoms with Crippen LogP contribution in [-0.2, 0) is 11.3 Å². The van der Waals surface area contributed by atoms with E-state index in [1.165, 1.54) is 11.8 Å². The van der Waals surface area contributed by atoms with Gasteiger partial charge >= 0.3 is 12.0 Å². The monoisotopic (exact) mass is 266 g/mol. The molecule has 6 nitrogen and oxygen atoms in total. The highest BCUT2D eigenvalue weighted by atomic mass is 16.4. The first kappa shape index (κ1) is 15.0. The molecule has 0 saturated carbocycles. The summed E-state index contributed by atoms with van der Waals surface area (Å²) in [6.07, 6.45) is 0. The number of nitrogens with one attached hydrogen (secondary N) is 1. The first-order valence-electron chi connectivity index (χ1n) is 5.97. The summed E-state index contributed by atoms with van der Waals surface area (Å²) in [7, 11) is 0. The van der Waals surface area contributed by atoms with Gasteiger partial charge in [0.15, 0.2) is 0 Å². The van der Waals surface area contributed by atoms with Gasteiger partial charge in [-0.1, -0.05) is 30.3 Å². The number of carbonyl (C=O) groups is 2. The fourth-order valence-corrected chi connectivity index (χ4v) is 1.52.